The van der Waals surface area contributed by atoms with E-state index in [1.807, 2.05) is 74.5 Å². The van der Waals surface area contributed by atoms with Gasteiger partial charge < -0.3 is 4.74 Å². The second-order valence-electron chi connectivity index (χ2n) is 10.0. The van der Waals surface area contributed by atoms with Gasteiger partial charge in [-0.05, 0) is 47.8 Å². The second-order valence-corrected chi connectivity index (χ2v) is 10.0. The van der Waals surface area contributed by atoms with Crippen LogP contribution in [0.1, 0.15) is 31.4 Å². The van der Waals surface area contributed by atoms with Crippen molar-refractivity contribution in [3.63, 3.8) is 0 Å². The Kier molecular flexibility index (Phi) is 4.84. The number of carbonyl (C=O) groups excluding carboxylic acids is 3. The fourth-order valence-electron chi connectivity index (χ4n) is 7.13. The number of methoxy groups -OCH3 is 1. The van der Waals surface area contributed by atoms with Crippen LogP contribution >= 0.6 is 0 Å². The lowest BCUT2D eigenvalue weighted by Gasteiger charge is -2.37. The number of benzene rings is 3. The number of hydrogen-bond donors (Lipinski definition) is 0. The Bertz CT molecular complexity index is 1440. The third-order valence-corrected chi connectivity index (χ3v) is 8.55. The summed E-state index contributed by atoms with van der Waals surface area (Å²) in [7, 11) is 1.55. The zero-order valence-electron chi connectivity index (χ0n) is 20.5. The maximum atomic E-state index is 14.5. The summed E-state index contributed by atoms with van der Waals surface area (Å²) in [4.78, 5) is 44.0. The summed E-state index contributed by atoms with van der Waals surface area (Å²) in [6, 6.07) is 26.7. The first-order valence-electron chi connectivity index (χ1n) is 12.3. The molecule has 5 heteroatoms. The van der Waals surface area contributed by atoms with Gasteiger partial charge in [0.05, 0.1) is 35.5 Å². The molecular formula is C31H27NO4. The SMILES string of the molecule is CC[C@@]12C(=O)[C@@](C)(C(c3ccccc3)=C1c1ccccc1)[C@@H]1C(=O)N(c3cccc(OC)c3)C(=O)[C@H]12. The second kappa shape index (κ2) is 7.76. The molecule has 2 amide bonds. The van der Waals surface area contributed by atoms with Crippen LogP contribution in [0.3, 0.4) is 0 Å². The van der Waals surface area contributed by atoms with E-state index in [1.54, 1.807) is 31.4 Å². The maximum absolute atomic E-state index is 14.5. The molecule has 0 radical (unpaired) electrons. The smallest absolute Gasteiger partial charge is 0.239 e. The number of ether oxygens (including phenoxy) is 1. The first-order chi connectivity index (χ1) is 17.4. The molecule has 2 fully saturated rings. The monoisotopic (exact) mass is 477 g/mol. The number of nitrogens with zero attached hydrogens (tertiary/aromatic N) is 1. The minimum Gasteiger partial charge on any atom is -0.497 e. The van der Waals surface area contributed by atoms with Crippen LogP contribution in [0.15, 0.2) is 84.9 Å². The van der Waals surface area contributed by atoms with Crippen molar-refractivity contribution in [2.45, 2.75) is 20.3 Å². The summed E-state index contributed by atoms with van der Waals surface area (Å²) >= 11 is 0. The fourth-order valence-corrected chi connectivity index (χ4v) is 7.13. The quantitative estimate of drug-likeness (QED) is 0.461. The summed E-state index contributed by atoms with van der Waals surface area (Å²) in [6.45, 7) is 3.84. The van der Waals surface area contributed by atoms with Crippen LogP contribution in [-0.4, -0.2) is 24.7 Å². The number of carbonyl (C=O) groups is 3. The lowest BCUT2D eigenvalue weighted by Crippen LogP contribution is -2.41. The first-order valence-corrected chi connectivity index (χ1v) is 12.3. The number of Topliss-reactive ketones (excluding diaryl/α,β-unsaturated/α-hetero) is 1. The van der Waals surface area contributed by atoms with Crippen LogP contribution in [0.4, 0.5) is 5.69 Å². The molecule has 180 valence electrons. The number of ketones is 1. The minimum absolute atomic E-state index is 0.0165. The van der Waals surface area contributed by atoms with E-state index in [0.717, 1.165) is 22.3 Å². The van der Waals surface area contributed by atoms with E-state index in [9.17, 15) is 14.4 Å². The third kappa shape index (κ3) is 2.58. The molecule has 4 atom stereocenters. The molecule has 0 unspecified atom stereocenters. The normalized spacial score (nSPS) is 28.8. The molecular weight excluding hydrogens is 450 g/mol. The van der Waals surface area contributed by atoms with Gasteiger partial charge in [0, 0.05) is 6.07 Å². The van der Waals surface area contributed by atoms with Crippen molar-refractivity contribution in [1.82, 2.24) is 0 Å². The van der Waals surface area contributed by atoms with Crippen molar-refractivity contribution in [2.75, 3.05) is 12.0 Å². The van der Waals surface area contributed by atoms with Crippen molar-refractivity contribution in [3.05, 3.63) is 96.1 Å². The molecule has 2 bridgehead atoms. The van der Waals surface area contributed by atoms with Crippen LogP contribution in [0.25, 0.3) is 11.1 Å². The van der Waals surface area contributed by atoms with Gasteiger partial charge in [-0.15, -0.1) is 0 Å². The van der Waals surface area contributed by atoms with Crippen LogP contribution < -0.4 is 9.64 Å². The molecule has 2 aliphatic carbocycles. The molecule has 3 aromatic rings. The molecule has 0 aromatic heterocycles. The zero-order valence-corrected chi connectivity index (χ0v) is 20.5. The van der Waals surface area contributed by atoms with E-state index in [0.29, 0.717) is 17.9 Å². The largest absolute Gasteiger partial charge is 0.497 e. The van der Waals surface area contributed by atoms with Gasteiger partial charge in [-0.2, -0.15) is 0 Å². The molecule has 36 heavy (non-hydrogen) atoms. The number of anilines is 1. The van der Waals surface area contributed by atoms with E-state index in [1.165, 1.54) is 4.90 Å². The van der Waals surface area contributed by atoms with E-state index >= 15 is 0 Å². The summed E-state index contributed by atoms with van der Waals surface area (Å²) < 4.78 is 5.35. The number of fused-ring (bicyclic) bond motifs is 5. The van der Waals surface area contributed by atoms with Crippen molar-refractivity contribution in [1.29, 1.82) is 0 Å². The fraction of sp³-hybridized carbons (Fsp3) is 0.258. The molecule has 1 saturated carbocycles. The third-order valence-electron chi connectivity index (χ3n) is 8.55. The summed E-state index contributed by atoms with van der Waals surface area (Å²) in [5.74, 6) is -1.58. The lowest BCUT2D eigenvalue weighted by molar-refractivity contribution is -0.134. The highest BCUT2D eigenvalue weighted by Gasteiger charge is 2.79. The Labute approximate surface area is 210 Å². The van der Waals surface area contributed by atoms with E-state index in [-0.39, 0.29) is 17.6 Å². The highest BCUT2D eigenvalue weighted by molar-refractivity contribution is 6.34. The predicted octanol–water partition coefficient (Wildman–Crippen LogP) is 5.41. The number of hydrogen-bond acceptors (Lipinski definition) is 4. The van der Waals surface area contributed by atoms with Crippen molar-refractivity contribution >= 4 is 34.4 Å². The van der Waals surface area contributed by atoms with E-state index < -0.39 is 22.7 Å². The van der Waals surface area contributed by atoms with E-state index in [2.05, 4.69) is 0 Å². The Hall–Kier alpha value is -3.99. The Balaban J connectivity index is 1.63. The molecule has 6 rings (SSSR count). The Morgan fingerprint density at radius 1 is 0.778 bits per heavy atom. The molecule has 0 N–H and O–H groups in total. The standard InChI is InChI=1S/C31H27NO4/c1-4-31-24(20-14-9-6-10-15-20)23(19-12-7-5-8-13-19)30(2,29(31)35)25-26(31)28(34)32(27(25)33)21-16-11-17-22(18-21)36-3/h5-18,25-26H,4H2,1-3H3/t25-,26-,30-,31+/m0/s1. The van der Waals surface area contributed by atoms with Gasteiger partial charge in [0.25, 0.3) is 0 Å². The zero-order chi connectivity index (χ0) is 25.2. The highest BCUT2D eigenvalue weighted by Crippen LogP contribution is 2.74. The minimum atomic E-state index is -1.12. The maximum Gasteiger partial charge on any atom is 0.239 e. The first kappa shape index (κ1) is 22.5. The Morgan fingerprint density at radius 3 is 1.94 bits per heavy atom. The number of allylic oxidation sites excluding steroid dienone is 2. The molecule has 1 heterocycles. The molecule has 0 spiro atoms. The van der Waals surface area contributed by atoms with Crippen molar-refractivity contribution < 1.29 is 19.1 Å². The van der Waals surface area contributed by atoms with Crippen LogP contribution in [0.2, 0.25) is 0 Å². The molecule has 3 aromatic carbocycles. The van der Waals surface area contributed by atoms with Crippen LogP contribution in [0.5, 0.6) is 5.75 Å². The number of amides is 2. The van der Waals surface area contributed by atoms with Gasteiger partial charge in [0.2, 0.25) is 11.8 Å². The van der Waals surface area contributed by atoms with Gasteiger partial charge in [0.1, 0.15) is 5.75 Å². The number of imide groups is 1. The number of rotatable bonds is 5. The summed E-state index contributed by atoms with van der Waals surface area (Å²) in [5, 5.41) is 0. The van der Waals surface area contributed by atoms with Gasteiger partial charge in [-0.25, -0.2) is 4.90 Å². The average Bonchev–Trinajstić information content (AvgIpc) is 3.39. The lowest BCUT2D eigenvalue weighted by atomic mass is 9.62. The summed E-state index contributed by atoms with van der Waals surface area (Å²) in [5.41, 5.74) is 1.88. The topological polar surface area (TPSA) is 63.7 Å². The van der Waals surface area contributed by atoms with Gasteiger partial charge in [-0.3, -0.25) is 14.4 Å². The summed E-state index contributed by atoms with van der Waals surface area (Å²) in [6.07, 6.45) is 0.439. The predicted molar refractivity (Wildman–Crippen MR) is 138 cm³/mol. The highest BCUT2D eigenvalue weighted by atomic mass is 16.5. The average molecular weight is 478 g/mol. The van der Waals surface area contributed by atoms with Gasteiger partial charge in [0.15, 0.2) is 5.78 Å². The molecule has 3 aliphatic rings. The molecule has 5 nitrogen and oxygen atoms in total. The van der Waals surface area contributed by atoms with Gasteiger partial charge in [-0.1, -0.05) is 73.7 Å². The van der Waals surface area contributed by atoms with E-state index in [4.69, 9.17) is 4.74 Å². The van der Waals surface area contributed by atoms with Crippen LogP contribution in [-0.2, 0) is 14.4 Å². The van der Waals surface area contributed by atoms with Crippen molar-refractivity contribution in [3.8, 4) is 5.75 Å². The van der Waals surface area contributed by atoms with Gasteiger partial charge >= 0.3 is 0 Å². The Morgan fingerprint density at radius 2 is 1.36 bits per heavy atom. The molecule has 1 saturated heterocycles. The molecule has 1 aliphatic heterocycles. The van der Waals surface area contributed by atoms with Crippen molar-refractivity contribution in [2.24, 2.45) is 22.7 Å². The van der Waals surface area contributed by atoms with Crippen LogP contribution in [0, 0.1) is 22.7 Å².